The van der Waals surface area contributed by atoms with E-state index in [0.717, 1.165) is 29.8 Å². The summed E-state index contributed by atoms with van der Waals surface area (Å²) in [5.41, 5.74) is 0.566. The first kappa shape index (κ1) is 29.8. The number of pyridine rings is 1. The Hall–Kier alpha value is -2.21. The van der Waals surface area contributed by atoms with E-state index in [9.17, 15) is 4.79 Å². The van der Waals surface area contributed by atoms with Crippen molar-refractivity contribution in [3.63, 3.8) is 0 Å². The van der Waals surface area contributed by atoms with E-state index in [1.54, 1.807) is 17.9 Å². The van der Waals surface area contributed by atoms with Crippen LogP contribution in [0.3, 0.4) is 0 Å². The van der Waals surface area contributed by atoms with Gasteiger partial charge in [-0.15, -0.1) is 0 Å². The van der Waals surface area contributed by atoms with Crippen molar-refractivity contribution < 1.29 is 19.0 Å². The number of hydrogen-bond donors (Lipinski definition) is 1. The van der Waals surface area contributed by atoms with Gasteiger partial charge in [-0.2, -0.15) is 5.10 Å². The molecule has 0 saturated carbocycles. The van der Waals surface area contributed by atoms with Crippen molar-refractivity contribution in [1.82, 2.24) is 24.6 Å². The number of rotatable bonds is 3. The van der Waals surface area contributed by atoms with E-state index in [-0.39, 0.29) is 28.7 Å². The fourth-order valence-electron chi connectivity index (χ4n) is 4.93. The van der Waals surface area contributed by atoms with Crippen molar-refractivity contribution in [3.05, 3.63) is 27.6 Å². The van der Waals surface area contributed by atoms with Crippen molar-refractivity contribution in [2.45, 2.75) is 58.2 Å². The summed E-state index contributed by atoms with van der Waals surface area (Å²) < 4.78 is 23.1. The molecule has 1 amide bonds. The molecule has 9 nitrogen and oxygen atoms in total. The molecule has 2 aliphatic rings. The molecule has 214 valence electrons. The molecule has 2 saturated heterocycles. The van der Waals surface area contributed by atoms with Gasteiger partial charge in [0.05, 0.1) is 32.6 Å². The summed E-state index contributed by atoms with van der Waals surface area (Å²) in [6.45, 7) is 10.3. The van der Waals surface area contributed by atoms with Gasteiger partial charge in [0.2, 0.25) is 0 Å². The summed E-state index contributed by atoms with van der Waals surface area (Å²) >= 11 is 9.65. The molecule has 12 heteroatoms. The quantitative estimate of drug-likeness (QED) is 0.386. The minimum absolute atomic E-state index is 0.0519. The second-order valence-corrected chi connectivity index (χ2v) is 12.4. The number of likely N-dealkylation sites (tertiary alicyclic amines) is 1. The Morgan fingerprint density at radius 1 is 1.26 bits per heavy atom. The number of nitrogens with zero attached hydrogens (tertiary/aromatic N) is 6. The number of ether oxygens (including phenoxy) is 1. The molecule has 0 unspecified atom stereocenters. The number of benzene rings is 1. The average Bonchev–Trinajstić information content (AvgIpc) is 3.27. The van der Waals surface area contributed by atoms with Crippen LogP contribution in [0.25, 0.3) is 21.8 Å². The summed E-state index contributed by atoms with van der Waals surface area (Å²) in [6.07, 6.45) is 2.96. The van der Waals surface area contributed by atoms with Gasteiger partial charge in [0.25, 0.3) is 0 Å². The number of fused-ring (bicyclic) bond motifs is 3. The molecule has 2 aromatic heterocycles. The van der Waals surface area contributed by atoms with Gasteiger partial charge < -0.3 is 24.5 Å². The van der Waals surface area contributed by atoms with E-state index in [1.807, 2.05) is 31.6 Å². The average molecular weight is 628 g/mol. The van der Waals surface area contributed by atoms with Gasteiger partial charge in [0.1, 0.15) is 16.9 Å². The van der Waals surface area contributed by atoms with Crippen molar-refractivity contribution in [2.24, 2.45) is 0 Å². The highest BCUT2D eigenvalue weighted by molar-refractivity contribution is 9.10. The number of carbonyl (C=O) groups is 1. The number of hydrogen-bond acceptors (Lipinski definition) is 7. The Morgan fingerprint density at radius 3 is 2.44 bits per heavy atom. The van der Waals surface area contributed by atoms with Crippen molar-refractivity contribution >= 4 is 61.2 Å². The highest BCUT2D eigenvalue weighted by Gasteiger charge is 2.34. The lowest BCUT2D eigenvalue weighted by Crippen LogP contribution is -2.57. The number of anilines is 1. The highest BCUT2D eigenvalue weighted by Crippen LogP contribution is 2.40. The Labute approximate surface area is 242 Å². The van der Waals surface area contributed by atoms with Gasteiger partial charge in [-0.25, -0.2) is 14.2 Å². The number of carbonyl (C=O) groups excluding carboxylic acids is 1. The summed E-state index contributed by atoms with van der Waals surface area (Å²) in [7, 11) is 4.12. The topological polar surface area (TPSA) is 87.0 Å². The van der Waals surface area contributed by atoms with Crippen LogP contribution in [0, 0.1) is 5.82 Å². The number of piperidine rings is 1. The number of aliphatic hydroxyl groups is 1. The van der Waals surface area contributed by atoms with E-state index in [0.29, 0.717) is 42.4 Å². The first-order valence-corrected chi connectivity index (χ1v) is 14.4. The minimum atomic E-state index is -0.533. The second-order valence-electron chi connectivity index (χ2n) is 11.2. The van der Waals surface area contributed by atoms with E-state index < -0.39 is 11.4 Å². The van der Waals surface area contributed by atoms with Crippen LogP contribution in [0.15, 0.2) is 16.7 Å². The van der Waals surface area contributed by atoms with Gasteiger partial charge in [-0.1, -0.05) is 11.6 Å². The number of halogens is 3. The van der Waals surface area contributed by atoms with Crippen LogP contribution in [0.4, 0.5) is 15.0 Å². The Bertz CT molecular complexity index is 1350. The third-order valence-corrected chi connectivity index (χ3v) is 8.30. The van der Waals surface area contributed by atoms with Gasteiger partial charge in [-0.05, 0) is 76.6 Å². The van der Waals surface area contributed by atoms with Gasteiger partial charge in [0, 0.05) is 44.2 Å². The lowest BCUT2D eigenvalue weighted by atomic mass is 10.0. The van der Waals surface area contributed by atoms with Crippen LogP contribution in [-0.4, -0.2) is 94.3 Å². The normalized spacial score (nSPS) is 17.0. The molecular formula is C27H37BrClFN6O3. The fourth-order valence-corrected chi connectivity index (χ4v) is 5.42. The van der Waals surface area contributed by atoms with Crippen LogP contribution < -0.4 is 4.90 Å². The molecule has 0 radical (unpaired) electrons. The molecule has 5 rings (SSSR count). The Kier molecular flexibility index (Phi) is 8.95. The zero-order valence-corrected chi connectivity index (χ0v) is 25.7. The molecule has 0 bridgehead atoms. The molecule has 1 aromatic carbocycles. The zero-order chi connectivity index (χ0) is 28.6. The summed E-state index contributed by atoms with van der Waals surface area (Å²) in [4.78, 5) is 23.4. The molecule has 0 aliphatic carbocycles. The maximum absolute atomic E-state index is 15.4. The molecular weight excluding hydrogens is 591 g/mol. The van der Waals surface area contributed by atoms with Crippen molar-refractivity contribution in [3.8, 4) is 0 Å². The molecule has 2 aliphatic heterocycles. The molecule has 1 N–H and O–H groups in total. The molecule has 0 spiro atoms. The van der Waals surface area contributed by atoms with E-state index >= 15 is 4.39 Å². The summed E-state index contributed by atoms with van der Waals surface area (Å²) in [5, 5.41) is 14.1. The van der Waals surface area contributed by atoms with E-state index in [1.165, 1.54) is 0 Å². The predicted octanol–water partition coefficient (Wildman–Crippen LogP) is 5.46. The number of likely N-dealkylation sites (N-methyl/N-ethyl adjacent to an activating group) is 1. The number of aliphatic hydroxyl groups excluding tert-OH is 1. The van der Waals surface area contributed by atoms with Gasteiger partial charge in [-0.3, -0.25) is 4.68 Å². The predicted molar refractivity (Wildman–Crippen MR) is 156 cm³/mol. The first-order chi connectivity index (χ1) is 18.4. The van der Waals surface area contributed by atoms with Crippen LogP contribution >= 0.6 is 27.5 Å². The standard InChI is InChI=1S/C25H31BrClFN6O2.C2H6O/c1-25(2,3)36-24(35)32-8-6-14(7-9-32)34-22-16-10-18(27)19(26)20(28)21(16)30-23(17(22)11-29-34)33-12-15(13-33)31(4)5;1-2-3/h10-11,14-15H,6-9,12-13H2,1-5H3;3H,2H2,1H3. The maximum Gasteiger partial charge on any atom is 0.410 e. The Morgan fingerprint density at radius 2 is 1.87 bits per heavy atom. The number of aromatic nitrogens is 3. The monoisotopic (exact) mass is 626 g/mol. The van der Waals surface area contributed by atoms with E-state index in [4.69, 9.17) is 31.5 Å². The van der Waals surface area contributed by atoms with Crippen LogP contribution in [0.2, 0.25) is 5.02 Å². The number of amides is 1. The third-order valence-electron chi connectivity index (χ3n) is 7.00. The fraction of sp³-hybridized carbons (Fsp3) is 0.593. The largest absolute Gasteiger partial charge is 0.444 e. The summed E-state index contributed by atoms with van der Waals surface area (Å²) in [6, 6.07) is 2.23. The lowest BCUT2D eigenvalue weighted by Gasteiger charge is -2.43. The molecule has 4 heterocycles. The van der Waals surface area contributed by atoms with Crippen LogP contribution in [-0.2, 0) is 4.74 Å². The maximum atomic E-state index is 15.4. The smallest absolute Gasteiger partial charge is 0.410 e. The first-order valence-electron chi connectivity index (χ1n) is 13.2. The lowest BCUT2D eigenvalue weighted by molar-refractivity contribution is 0.0186. The third kappa shape index (κ3) is 6.11. The zero-order valence-electron chi connectivity index (χ0n) is 23.3. The highest BCUT2D eigenvalue weighted by atomic mass is 79.9. The Balaban J connectivity index is 0.00000112. The molecule has 0 atom stereocenters. The van der Waals surface area contributed by atoms with Crippen LogP contribution in [0.5, 0.6) is 0 Å². The van der Waals surface area contributed by atoms with Gasteiger partial charge >= 0.3 is 6.09 Å². The minimum Gasteiger partial charge on any atom is -0.444 e. The second kappa shape index (κ2) is 11.7. The molecule has 3 aromatic rings. The van der Waals surface area contributed by atoms with Crippen molar-refractivity contribution in [2.75, 3.05) is 51.8 Å². The van der Waals surface area contributed by atoms with E-state index in [2.05, 4.69) is 39.8 Å². The molecule has 39 heavy (non-hydrogen) atoms. The van der Waals surface area contributed by atoms with Crippen molar-refractivity contribution in [1.29, 1.82) is 0 Å². The molecule has 2 fully saturated rings. The SMILES string of the molecule is CCO.CN(C)C1CN(c2nc3c(F)c(Br)c(Cl)cc3c3c2cnn3C2CCN(C(=O)OC(C)(C)C)CC2)C1. The van der Waals surface area contributed by atoms with Gasteiger partial charge in [0.15, 0.2) is 5.82 Å². The summed E-state index contributed by atoms with van der Waals surface area (Å²) in [5.74, 6) is 0.263. The van der Waals surface area contributed by atoms with Crippen LogP contribution in [0.1, 0.15) is 46.6 Å².